The van der Waals surface area contributed by atoms with Crippen LogP contribution in [0.3, 0.4) is 0 Å². The van der Waals surface area contributed by atoms with E-state index in [4.69, 9.17) is 24.7 Å². The molecule has 0 spiro atoms. The van der Waals surface area contributed by atoms with Crippen molar-refractivity contribution in [3.05, 3.63) is 29.8 Å². The molecule has 0 aliphatic carbocycles. The fraction of sp³-hybridized carbons (Fsp3) is 0.600. The van der Waals surface area contributed by atoms with Crippen LogP contribution in [0, 0.1) is 0 Å². The smallest absolute Gasteiger partial charge is 0.119 e. The summed E-state index contributed by atoms with van der Waals surface area (Å²) >= 11 is 0. The first-order valence-electron chi connectivity index (χ1n) is 6.87. The second kappa shape index (κ2) is 10.6. The van der Waals surface area contributed by atoms with Crippen LogP contribution in [0.4, 0.5) is 0 Å². The average Bonchev–Trinajstić information content (AvgIpc) is 2.46. The van der Waals surface area contributed by atoms with E-state index in [1.807, 2.05) is 31.2 Å². The third kappa shape index (κ3) is 7.45. The van der Waals surface area contributed by atoms with Crippen LogP contribution in [0.1, 0.15) is 18.5 Å². The topological polar surface area (TPSA) is 62.9 Å². The summed E-state index contributed by atoms with van der Waals surface area (Å²) in [7, 11) is 1.65. The quantitative estimate of drug-likeness (QED) is 0.627. The van der Waals surface area contributed by atoms with Crippen molar-refractivity contribution in [2.75, 3.05) is 46.8 Å². The summed E-state index contributed by atoms with van der Waals surface area (Å²) in [6.07, 6.45) is 0. The minimum Gasteiger partial charge on any atom is -0.491 e. The number of hydrogen-bond acceptors (Lipinski definition) is 5. The fourth-order valence-electron chi connectivity index (χ4n) is 1.57. The predicted molar refractivity (Wildman–Crippen MR) is 78.1 cm³/mol. The van der Waals surface area contributed by atoms with E-state index in [1.165, 1.54) is 0 Å². The minimum absolute atomic E-state index is 0.0130. The zero-order chi connectivity index (χ0) is 14.6. The molecule has 0 amide bonds. The van der Waals surface area contributed by atoms with Crippen molar-refractivity contribution in [2.24, 2.45) is 5.73 Å². The first kappa shape index (κ1) is 16.9. The molecule has 1 rings (SSSR count). The van der Waals surface area contributed by atoms with Crippen LogP contribution < -0.4 is 10.5 Å². The van der Waals surface area contributed by atoms with Crippen molar-refractivity contribution < 1.29 is 18.9 Å². The molecule has 20 heavy (non-hydrogen) atoms. The molecule has 0 fully saturated rings. The lowest BCUT2D eigenvalue weighted by molar-refractivity contribution is 0.0179. The van der Waals surface area contributed by atoms with Crippen molar-refractivity contribution in [3.8, 4) is 5.75 Å². The molecule has 5 heteroatoms. The van der Waals surface area contributed by atoms with Crippen LogP contribution in [-0.4, -0.2) is 46.8 Å². The van der Waals surface area contributed by atoms with E-state index in [1.54, 1.807) is 7.11 Å². The Morgan fingerprint density at radius 3 is 2.30 bits per heavy atom. The Balaban J connectivity index is 2.05. The molecule has 0 aliphatic heterocycles. The van der Waals surface area contributed by atoms with Gasteiger partial charge in [0.2, 0.25) is 0 Å². The zero-order valence-corrected chi connectivity index (χ0v) is 12.3. The van der Waals surface area contributed by atoms with Gasteiger partial charge in [-0.1, -0.05) is 12.1 Å². The average molecular weight is 283 g/mol. The molecule has 2 N–H and O–H groups in total. The molecule has 114 valence electrons. The van der Waals surface area contributed by atoms with Crippen LogP contribution in [0.25, 0.3) is 0 Å². The molecular weight excluding hydrogens is 258 g/mol. The van der Waals surface area contributed by atoms with Crippen molar-refractivity contribution in [2.45, 2.75) is 13.0 Å². The third-order valence-electron chi connectivity index (χ3n) is 2.68. The Morgan fingerprint density at radius 2 is 1.65 bits per heavy atom. The van der Waals surface area contributed by atoms with Gasteiger partial charge < -0.3 is 24.7 Å². The minimum atomic E-state index is 0.0130. The Kier molecular flexibility index (Phi) is 8.98. The van der Waals surface area contributed by atoms with Gasteiger partial charge in [-0.25, -0.2) is 0 Å². The molecule has 0 radical (unpaired) electrons. The van der Waals surface area contributed by atoms with Crippen LogP contribution in [0.5, 0.6) is 5.75 Å². The lowest BCUT2D eigenvalue weighted by Gasteiger charge is -2.10. The molecule has 0 bridgehead atoms. The lowest BCUT2D eigenvalue weighted by Crippen LogP contribution is -2.12. The van der Waals surface area contributed by atoms with Gasteiger partial charge in [-0.3, -0.25) is 0 Å². The predicted octanol–water partition coefficient (Wildman–Crippen LogP) is 1.76. The van der Waals surface area contributed by atoms with Gasteiger partial charge in [-0.15, -0.1) is 0 Å². The van der Waals surface area contributed by atoms with Gasteiger partial charge in [-0.2, -0.15) is 0 Å². The number of methoxy groups -OCH3 is 1. The van der Waals surface area contributed by atoms with E-state index in [-0.39, 0.29) is 6.04 Å². The standard InChI is InChI=1S/C15H25NO4/c1-13(16)14-4-3-5-15(12-14)20-11-10-19-9-8-18-7-6-17-2/h3-5,12-13H,6-11,16H2,1-2H3/t13-/m1/s1. The van der Waals surface area contributed by atoms with Crippen LogP contribution >= 0.6 is 0 Å². The highest BCUT2D eigenvalue weighted by atomic mass is 16.6. The summed E-state index contributed by atoms with van der Waals surface area (Å²) in [6, 6.07) is 7.82. The maximum absolute atomic E-state index is 5.82. The molecule has 0 aromatic heterocycles. The molecule has 5 nitrogen and oxygen atoms in total. The van der Waals surface area contributed by atoms with Crippen molar-refractivity contribution >= 4 is 0 Å². The van der Waals surface area contributed by atoms with Gasteiger partial charge in [0.15, 0.2) is 0 Å². The Bertz CT molecular complexity index is 357. The van der Waals surface area contributed by atoms with Gasteiger partial charge in [0, 0.05) is 13.2 Å². The second-order valence-corrected chi connectivity index (χ2v) is 4.43. The molecular formula is C15H25NO4. The first-order valence-corrected chi connectivity index (χ1v) is 6.87. The molecule has 0 aliphatic rings. The molecule has 0 saturated carbocycles. The number of hydrogen-bond donors (Lipinski definition) is 1. The van der Waals surface area contributed by atoms with E-state index in [9.17, 15) is 0 Å². The SMILES string of the molecule is COCCOCCOCCOc1cccc([C@@H](C)N)c1. The van der Waals surface area contributed by atoms with Gasteiger partial charge in [0.25, 0.3) is 0 Å². The Hall–Kier alpha value is -1.14. The van der Waals surface area contributed by atoms with Crippen molar-refractivity contribution in [1.29, 1.82) is 0 Å². The van der Waals surface area contributed by atoms with Gasteiger partial charge in [0.05, 0.1) is 33.0 Å². The normalized spacial score (nSPS) is 12.3. The Labute approximate surface area is 121 Å². The summed E-state index contributed by atoms with van der Waals surface area (Å²) in [6.45, 7) is 5.35. The van der Waals surface area contributed by atoms with E-state index < -0.39 is 0 Å². The van der Waals surface area contributed by atoms with E-state index >= 15 is 0 Å². The third-order valence-corrected chi connectivity index (χ3v) is 2.68. The maximum Gasteiger partial charge on any atom is 0.119 e. The highest BCUT2D eigenvalue weighted by molar-refractivity contribution is 5.30. The largest absolute Gasteiger partial charge is 0.491 e. The number of nitrogens with two attached hydrogens (primary N) is 1. The fourth-order valence-corrected chi connectivity index (χ4v) is 1.57. The van der Waals surface area contributed by atoms with Gasteiger partial charge >= 0.3 is 0 Å². The van der Waals surface area contributed by atoms with Crippen LogP contribution in [0.2, 0.25) is 0 Å². The van der Waals surface area contributed by atoms with Gasteiger partial charge in [-0.05, 0) is 24.6 Å². The molecule has 0 saturated heterocycles. The maximum atomic E-state index is 5.82. The first-order chi connectivity index (χ1) is 9.74. The summed E-state index contributed by atoms with van der Waals surface area (Å²) in [5, 5.41) is 0. The highest BCUT2D eigenvalue weighted by Crippen LogP contribution is 2.17. The summed E-state index contributed by atoms with van der Waals surface area (Å²) in [5.41, 5.74) is 6.89. The molecule has 0 heterocycles. The monoisotopic (exact) mass is 283 g/mol. The van der Waals surface area contributed by atoms with Crippen molar-refractivity contribution in [3.63, 3.8) is 0 Å². The van der Waals surface area contributed by atoms with E-state index in [2.05, 4.69) is 0 Å². The highest BCUT2D eigenvalue weighted by Gasteiger charge is 2.01. The number of benzene rings is 1. The summed E-state index contributed by atoms with van der Waals surface area (Å²) in [4.78, 5) is 0. The zero-order valence-electron chi connectivity index (χ0n) is 12.3. The van der Waals surface area contributed by atoms with Gasteiger partial charge in [0.1, 0.15) is 12.4 Å². The van der Waals surface area contributed by atoms with E-state index in [0.717, 1.165) is 11.3 Å². The number of rotatable bonds is 11. The summed E-state index contributed by atoms with van der Waals surface area (Å²) in [5.74, 6) is 0.819. The molecule has 1 atom stereocenters. The second-order valence-electron chi connectivity index (χ2n) is 4.43. The molecule has 1 aromatic carbocycles. The number of ether oxygens (including phenoxy) is 4. The van der Waals surface area contributed by atoms with Crippen LogP contribution in [-0.2, 0) is 14.2 Å². The van der Waals surface area contributed by atoms with Crippen molar-refractivity contribution in [1.82, 2.24) is 0 Å². The van der Waals surface area contributed by atoms with Crippen LogP contribution in [0.15, 0.2) is 24.3 Å². The summed E-state index contributed by atoms with van der Waals surface area (Å²) < 4.78 is 21.1. The molecule has 0 unspecified atom stereocenters. The lowest BCUT2D eigenvalue weighted by atomic mass is 10.1. The Morgan fingerprint density at radius 1 is 1.00 bits per heavy atom. The van der Waals surface area contributed by atoms with E-state index in [0.29, 0.717) is 39.6 Å². The molecule has 1 aromatic rings.